The highest BCUT2D eigenvalue weighted by molar-refractivity contribution is 7.99. The summed E-state index contributed by atoms with van der Waals surface area (Å²) in [5, 5.41) is 3.23. The van der Waals surface area contributed by atoms with Gasteiger partial charge in [0.2, 0.25) is 10.0 Å². The topological polar surface area (TPSA) is 102 Å². The summed E-state index contributed by atoms with van der Waals surface area (Å²) in [6.07, 6.45) is 0.146. The fourth-order valence-electron chi connectivity index (χ4n) is 3.08. The largest absolute Gasteiger partial charge is 0.456 e. The van der Waals surface area contributed by atoms with Gasteiger partial charge in [0.25, 0.3) is 5.91 Å². The van der Waals surface area contributed by atoms with Gasteiger partial charge in [0.1, 0.15) is 0 Å². The zero-order valence-corrected chi connectivity index (χ0v) is 20.5. The van der Waals surface area contributed by atoms with Crippen LogP contribution in [0.2, 0.25) is 5.02 Å². The van der Waals surface area contributed by atoms with Crippen LogP contribution in [0.5, 0.6) is 0 Å². The van der Waals surface area contributed by atoms with Crippen molar-refractivity contribution in [2.45, 2.75) is 23.1 Å². The van der Waals surface area contributed by atoms with E-state index in [0.717, 1.165) is 4.90 Å². The predicted molar refractivity (Wildman–Crippen MR) is 127 cm³/mol. The van der Waals surface area contributed by atoms with Crippen LogP contribution in [0.15, 0.2) is 52.3 Å². The van der Waals surface area contributed by atoms with Crippen LogP contribution in [0.4, 0.5) is 5.69 Å². The number of rotatable bonds is 9. The number of carbonyl (C=O) groups excluding carboxylic acids is 2. The number of thioether (sulfide) groups is 1. The van der Waals surface area contributed by atoms with Gasteiger partial charge in [0, 0.05) is 34.4 Å². The Balaban J connectivity index is 1.49. The number of esters is 1. The van der Waals surface area contributed by atoms with Crippen molar-refractivity contribution in [3.05, 3.63) is 53.1 Å². The zero-order chi connectivity index (χ0) is 23.8. The molecule has 0 aliphatic carbocycles. The molecule has 2 aromatic carbocycles. The number of amides is 1. The van der Waals surface area contributed by atoms with Crippen molar-refractivity contribution in [3.8, 4) is 0 Å². The van der Waals surface area contributed by atoms with Crippen LogP contribution in [0.25, 0.3) is 0 Å². The standard InChI is InChI=1S/C22H25ClN2O6S2/c1-16-2-5-18(14-20(16)33(28,29)25-9-11-30-12-10-25)24-21(26)15-31-22(27)8-13-32-19-6-3-17(23)4-7-19/h2-7,14H,8-13,15H2,1H3,(H,24,26). The fraction of sp³-hybridized carbons (Fsp3) is 0.364. The van der Waals surface area contributed by atoms with Gasteiger partial charge in [-0.25, -0.2) is 8.42 Å². The maximum Gasteiger partial charge on any atom is 0.307 e. The minimum atomic E-state index is -3.71. The molecule has 1 heterocycles. The average Bonchev–Trinajstić information content (AvgIpc) is 2.81. The second-order valence-electron chi connectivity index (χ2n) is 7.26. The van der Waals surface area contributed by atoms with Crippen LogP contribution < -0.4 is 5.32 Å². The first-order valence-corrected chi connectivity index (χ1v) is 13.1. The molecule has 0 aromatic heterocycles. The highest BCUT2D eigenvalue weighted by Gasteiger charge is 2.28. The summed E-state index contributed by atoms with van der Waals surface area (Å²) in [6, 6.07) is 11.9. The third kappa shape index (κ3) is 7.44. The summed E-state index contributed by atoms with van der Waals surface area (Å²) in [7, 11) is -3.71. The van der Waals surface area contributed by atoms with E-state index in [4.69, 9.17) is 21.1 Å². The normalized spacial score (nSPS) is 14.6. The van der Waals surface area contributed by atoms with E-state index in [1.165, 1.54) is 22.1 Å². The average molecular weight is 513 g/mol. The van der Waals surface area contributed by atoms with Crippen LogP contribution in [0.3, 0.4) is 0 Å². The number of halogens is 1. The zero-order valence-electron chi connectivity index (χ0n) is 18.1. The number of ether oxygens (including phenoxy) is 2. The molecule has 0 radical (unpaired) electrons. The Morgan fingerprint density at radius 2 is 1.85 bits per heavy atom. The third-order valence-corrected chi connectivity index (χ3v) is 8.12. The van der Waals surface area contributed by atoms with Gasteiger partial charge >= 0.3 is 5.97 Å². The van der Waals surface area contributed by atoms with E-state index >= 15 is 0 Å². The van der Waals surface area contributed by atoms with Crippen LogP contribution in [-0.2, 0) is 29.1 Å². The molecule has 1 fully saturated rings. The van der Waals surface area contributed by atoms with Crippen LogP contribution >= 0.6 is 23.4 Å². The minimum absolute atomic E-state index is 0.124. The van der Waals surface area contributed by atoms with Gasteiger partial charge in [-0.1, -0.05) is 17.7 Å². The van der Waals surface area contributed by atoms with Crippen LogP contribution in [-0.4, -0.2) is 63.3 Å². The Labute approximate surface area is 202 Å². The highest BCUT2D eigenvalue weighted by Crippen LogP contribution is 2.24. The summed E-state index contributed by atoms with van der Waals surface area (Å²) in [5.41, 5.74) is 0.885. The second kappa shape index (κ2) is 11.8. The first kappa shape index (κ1) is 25.5. The van der Waals surface area contributed by atoms with E-state index in [9.17, 15) is 18.0 Å². The molecular weight excluding hydrogens is 488 g/mol. The highest BCUT2D eigenvalue weighted by atomic mass is 35.5. The number of hydrogen-bond acceptors (Lipinski definition) is 7. The molecule has 1 aliphatic heterocycles. The number of aryl methyl sites for hydroxylation is 1. The Bertz CT molecular complexity index is 1090. The predicted octanol–water partition coefficient (Wildman–Crippen LogP) is 3.33. The van der Waals surface area contributed by atoms with E-state index in [0.29, 0.717) is 35.2 Å². The lowest BCUT2D eigenvalue weighted by atomic mass is 10.2. The molecule has 0 unspecified atom stereocenters. The second-order valence-corrected chi connectivity index (χ2v) is 10.8. The third-order valence-electron chi connectivity index (χ3n) is 4.81. The van der Waals surface area contributed by atoms with E-state index in [1.807, 2.05) is 12.1 Å². The number of nitrogens with zero attached hydrogens (tertiary/aromatic N) is 1. The van der Waals surface area contributed by atoms with Gasteiger partial charge in [0.05, 0.1) is 24.5 Å². The van der Waals surface area contributed by atoms with Gasteiger partial charge in [-0.3, -0.25) is 9.59 Å². The molecular formula is C22H25ClN2O6S2. The van der Waals surface area contributed by atoms with Gasteiger partial charge in [0.15, 0.2) is 6.61 Å². The molecule has 33 heavy (non-hydrogen) atoms. The molecule has 1 amide bonds. The van der Waals surface area contributed by atoms with Crippen molar-refractivity contribution in [3.63, 3.8) is 0 Å². The SMILES string of the molecule is Cc1ccc(NC(=O)COC(=O)CCSc2ccc(Cl)cc2)cc1S(=O)(=O)N1CCOCC1. The van der Waals surface area contributed by atoms with Crippen LogP contribution in [0.1, 0.15) is 12.0 Å². The van der Waals surface area contributed by atoms with E-state index in [-0.39, 0.29) is 24.4 Å². The quantitative estimate of drug-likeness (QED) is 0.406. The van der Waals surface area contributed by atoms with Crippen molar-refractivity contribution < 1.29 is 27.5 Å². The maximum atomic E-state index is 13.0. The Morgan fingerprint density at radius 1 is 1.15 bits per heavy atom. The summed E-state index contributed by atoms with van der Waals surface area (Å²) in [5.74, 6) is -0.540. The van der Waals surface area contributed by atoms with Crippen molar-refractivity contribution in [2.75, 3.05) is 44.0 Å². The molecule has 0 saturated carbocycles. The van der Waals surface area contributed by atoms with Crippen molar-refractivity contribution in [1.82, 2.24) is 4.31 Å². The molecule has 1 N–H and O–H groups in total. The molecule has 3 rings (SSSR count). The summed E-state index contributed by atoms with van der Waals surface area (Å²) in [6.45, 7) is 2.50. The molecule has 1 aliphatic rings. The molecule has 0 bridgehead atoms. The number of anilines is 1. The Morgan fingerprint density at radius 3 is 2.55 bits per heavy atom. The molecule has 8 nitrogen and oxygen atoms in total. The lowest BCUT2D eigenvalue weighted by molar-refractivity contribution is -0.146. The lowest BCUT2D eigenvalue weighted by Gasteiger charge is -2.26. The minimum Gasteiger partial charge on any atom is -0.456 e. The summed E-state index contributed by atoms with van der Waals surface area (Å²) >= 11 is 7.32. The molecule has 0 atom stereocenters. The van der Waals surface area contributed by atoms with Gasteiger partial charge in [-0.2, -0.15) is 4.31 Å². The molecule has 1 saturated heterocycles. The monoisotopic (exact) mass is 512 g/mol. The van der Waals surface area contributed by atoms with Gasteiger partial charge in [-0.15, -0.1) is 11.8 Å². The Hall–Kier alpha value is -2.11. The van der Waals surface area contributed by atoms with E-state index < -0.39 is 28.5 Å². The number of sulfonamides is 1. The van der Waals surface area contributed by atoms with E-state index in [2.05, 4.69) is 5.32 Å². The van der Waals surface area contributed by atoms with Crippen molar-refractivity contribution >= 4 is 50.9 Å². The van der Waals surface area contributed by atoms with Crippen molar-refractivity contribution in [2.24, 2.45) is 0 Å². The summed E-state index contributed by atoms with van der Waals surface area (Å²) in [4.78, 5) is 25.2. The van der Waals surface area contributed by atoms with Crippen molar-refractivity contribution in [1.29, 1.82) is 0 Å². The molecule has 0 spiro atoms. The number of hydrogen-bond donors (Lipinski definition) is 1. The van der Waals surface area contributed by atoms with Gasteiger partial charge in [-0.05, 0) is 48.9 Å². The molecule has 2 aromatic rings. The lowest BCUT2D eigenvalue weighted by Crippen LogP contribution is -2.40. The smallest absolute Gasteiger partial charge is 0.307 e. The number of nitrogens with one attached hydrogen (secondary N) is 1. The fourth-order valence-corrected chi connectivity index (χ4v) is 5.70. The number of carbonyl (C=O) groups is 2. The molecule has 178 valence electrons. The first-order valence-electron chi connectivity index (χ1n) is 10.3. The summed E-state index contributed by atoms with van der Waals surface area (Å²) < 4.78 is 37.5. The van der Waals surface area contributed by atoms with Crippen LogP contribution in [0, 0.1) is 6.92 Å². The van der Waals surface area contributed by atoms with E-state index in [1.54, 1.807) is 31.2 Å². The maximum absolute atomic E-state index is 13.0. The molecule has 11 heteroatoms. The van der Waals surface area contributed by atoms with Gasteiger partial charge < -0.3 is 14.8 Å². The Kier molecular flexibility index (Phi) is 9.16. The first-order chi connectivity index (χ1) is 15.8. The number of morpholine rings is 1. The number of benzene rings is 2.